The Hall–Kier alpha value is -1.60. The molecule has 0 aromatic heterocycles. The Morgan fingerprint density at radius 1 is 1.60 bits per heavy atom. The normalized spacial score (nSPS) is 11.2. The van der Waals surface area contributed by atoms with E-state index in [1.54, 1.807) is 6.92 Å². The second kappa shape index (κ2) is 7.25. The number of carbonyl (C=O) groups is 1. The van der Waals surface area contributed by atoms with E-state index in [9.17, 15) is 14.9 Å². The molecule has 0 saturated carbocycles. The lowest BCUT2D eigenvalue weighted by Gasteiger charge is -2.07. The third-order valence-electron chi connectivity index (χ3n) is 2.40. The van der Waals surface area contributed by atoms with Gasteiger partial charge in [0.2, 0.25) is 5.75 Å². The summed E-state index contributed by atoms with van der Waals surface area (Å²) >= 11 is 8.86. The summed E-state index contributed by atoms with van der Waals surface area (Å²) in [5.41, 5.74) is -0.108. The first-order chi connectivity index (χ1) is 9.36. The molecule has 1 aromatic rings. The topological polar surface area (TPSA) is 89.7 Å². The Balaban J connectivity index is 2.98. The molecule has 0 spiro atoms. The summed E-state index contributed by atoms with van der Waals surface area (Å²) in [6.07, 6.45) is 1.70. The Morgan fingerprint density at radius 3 is 2.75 bits per heavy atom. The maximum absolute atomic E-state index is 10.9. The van der Waals surface area contributed by atoms with E-state index in [1.807, 2.05) is 0 Å². The van der Waals surface area contributed by atoms with Gasteiger partial charge < -0.3 is 9.84 Å². The van der Waals surface area contributed by atoms with Crippen molar-refractivity contribution in [3.63, 3.8) is 0 Å². The van der Waals surface area contributed by atoms with Gasteiger partial charge in [-0.1, -0.05) is 18.5 Å². The fourth-order valence-electron chi connectivity index (χ4n) is 1.43. The molecule has 0 unspecified atom stereocenters. The van der Waals surface area contributed by atoms with Gasteiger partial charge in [-0.3, -0.25) is 10.1 Å². The number of nitrogens with zero attached hydrogens (tertiary/aromatic N) is 1. The predicted octanol–water partition coefficient (Wildman–Crippen LogP) is 3.81. The van der Waals surface area contributed by atoms with Crippen LogP contribution in [0.25, 0.3) is 0 Å². The van der Waals surface area contributed by atoms with E-state index >= 15 is 0 Å². The minimum atomic E-state index is -1.04. The third kappa shape index (κ3) is 4.21. The van der Waals surface area contributed by atoms with Crippen molar-refractivity contribution in [1.29, 1.82) is 0 Å². The Labute approximate surface area is 128 Å². The van der Waals surface area contributed by atoms with Gasteiger partial charge in [0.15, 0.2) is 0 Å². The highest BCUT2D eigenvalue weighted by atomic mass is 79.9. The molecule has 0 heterocycles. The quantitative estimate of drug-likeness (QED) is 0.471. The van der Waals surface area contributed by atoms with Crippen LogP contribution in [-0.2, 0) is 4.79 Å². The number of hydrogen-bond donors (Lipinski definition) is 1. The van der Waals surface area contributed by atoms with Crippen LogP contribution in [0, 0.1) is 10.1 Å². The van der Waals surface area contributed by atoms with Crippen LogP contribution < -0.4 is 4.74 Å². The van der Waals surface area contributed by atoms with Crippen molar-refractivity contribution in [2.24, 2.45) is 0 Å². The molecule has 6 nitrogen and oxygen atoms in total. The number of rotatable bonds is 6. The Morgan fingerprint density at radius 2 is 2.25 bits per heavy atom. The number of hydrogen-bond acceptors (Lipinski definition) is 4. The zero-order valence-corrected chi connectivity index (χ0v) is 12.8. The van der Waals surface area contributed by atoms with Crippen LogP contribution in [0.5, 0.6) is 5.75 Å². The first-order valence-corrected chi connectivity index (χ1v) is 6.72. The monoisotopic (exact) mass is 363 g/mol. The van der Waals surface area contributed by atoms with E-state index in [4.69, 9.17) is 21.4 Å². The summed E-state index contributed by atoms with van der Waals surface area (Å²) in [6, 6.07) is 2.63. The number of carboxylic acids is 1. The van der Waals surface area contributed by atoms with Crippen molar-refractivity contribution in [3.8, 4) is 5.75 Å². The molecule has 0 aliphatic heterocycles. The SMILES string of the molecule is CCC(=CCOc1c(Br)cc(Cl)cc1[N+](=O)[O-])C(=O)O. The largest absolute Gasteiger partial charge is 0.482 e. The van der Waals surface area contributed by atoms with E-state index in [0.29, 0.717) is 10.9 Å². The summed E-state index contributed by atoms with van der Waals surface area (Å²) in [5, 5.41) is 20.0. The molecule has 1 aromatic carbocycles. The lowest BCUT2D eigenvalue weighted by Crippen LogP contribution is -2.04. The lowest BCUT2D eigenvalue weighted by atomic mass is 10.2. The van der Waals surface area contributed by atoms with Crippen LogP contribution in [0.1, 0.15) is 13.3 Å². The summed E-state index contributed by atoms with van der Waals surface area (Å²) in [5.74, 6) is -1.03. The van der Waals surface area contributed by atoms with Crippen molar-refractivity contribution in [3.05, 3.63) is 43.4 Å². The van der Waals surface area contributed by atoms with Gasteiger partial charge in [0.05, 0.1) is 9.40 Å². The summed E-state index contributed by atoms with van der Waals surface area (Å²) in [4.78, 5) is 21.1. The minimum Gasteiger partial charge on any atom is -0.482 e. The van der Waals surface area contributed by atoms with Gasteiger partial charge in [-0.15, -0.1) is 0 Å². The highest BCUT2D eigenvalue weighted by molar-refractivity contribution is 9.10. The smallest absolute Gasteiger partial charge is 0.331 e. The maximum atomic E-state index is 10.9. The molecular formula is C12H11BrClNO5. The van der Waals surface area contributed by atoms with Gasteiger partial charge >= 0.3 is 11.7 Å². The van der Waals surface area contributed by atoms with Crippen molar-refractivity contribution in [2.75, 3.05) is 6.61 Å². The van der Waals surface area contributed by atoms with Gasteiger partial charge in [0, 0.05) is 16.7 Å². The average Bonchev–Trinajstić information content (AvgIpc) is 2.35. The number of ether oxygens (including phenoxy) is 1. The molecule has 1 rings (SSSR count). The number of benzene rings is 1. The summed E-state index contributed by atoms with van der Waals surface area (Å²) in [7, 11) is 0. The molecule has 0 radical (unpaired) electrons. The van der Waals surface area contributed by atoms with E-state index in [0.717, 1.165) is 0 Å². The minimum absolute atomic E-state index is 0.0106. The second-order valence-electron chi connectivity index (χ2n) is 3.69. The van der Waals surface area contributed by atoms with E-state index in [2.05, 4.69) is 15.9 Å². The van der Waals surface area contributed by atoms with Crippen molar-refractivity contribution in [2.45, 2.75) is 13.3 Å². The molecular weight excluding hydrogens is 353 g/mol. The predicted molar refractivity (Wildman–Crippen MR) is 77.3 cm³/mol. The summed E-state index contributed by atoms with van der Waals surface area (Å²) < 4.78 is 5.61. The third-order valence-corrected chi connectivity index (χ3v) is 3.21. The molecule has 0 amide bonds. The van der Waals surface area contributed by atoms with Gasteiger partial charge in [-0.25, -0.2) is 4.79 Å². The molecule has 0 aliphatic carbocycles. The molecule has 8 heteroatoms. The van der Waals surface area contributed by atoms with Gasteiger partial charge in [-0.05, 0) is 34.5 Å². The van der Waals surface area contributed by atoms with Crippen LogP contribution in [0.4, 0.5) is 5.69 Å². The van der Waals surface area contributed by atoms with Crippen molar-refractivity contribution < 1.29 is 19.6 Å². The van der Waals surface area contributed by atoms with E-state index < -0.39 is 10.9 Å². The standard InChI is InChI=1S/C12H11BrClNO5/c1-2-7(12(16)17)3-4-20-11-9(13)5-8(14)6-10(11)15(18)19/h3,5-6H,2,4H2,1H3,(H,16,17). The zero-order chi connectivity index (χ0) is 15.3. The molecule has 0 aliphatic rings. The van der Waals surface area contributed by atoms with Crippen molar-refractivity contribution >= 4 is 39.2 Å². The van der Waals surface area contributed by atoms with Crippen LogP contribution in [0.3, 0.4) is 0 Å². The van der Waals surface area contributed by atoms with E-state index in [-0.39, 0.29) is 28.6 Å². The fourth-order valence-corrected chi connectivity index (χ4v) is 2.34. The van der Waals surface area contributed by atoms with E-state index in [1.165, 1.54) is 18.2 Å². The first-order valence-electron chi connectivity index (χ1n) is 5.55. The lowest BCUT2D eigenvalue weighted by molar-refractivity contribution is -0.385. The maximum Gasteiger partial charge on any atom is 0.331 e. The van der Waals surface area contributed by atoms with Crippen LogP contribution >= 0.6 is 27.5 Å². The van der Waals surface area contributed by atoms with Gasteiger partial charge in [-0.2, -0.15) is 0 Å². The molecule has 0 fully saturated rings. The van der Waals surface area contributed by atoms with Crippen LogP contribution in [-0.4, -0.2) is 22.6 Å². The zero-order valence-electron chi connectivity index (χ0n) is 10.4. The highest BCUT2D eigenvalue weighted by Crippen LogP contribution is 2.37. The molecule has 108 valence electrons. The first kappa shape index (κ1) is 16.5. The second-order valence-corrected chi connectivity index (χ2v) is 4.98. The van der Waals surface area contributed by atoms with Gasteiger partial charge in [0.25, 0.3) is 0 Å². The fraction of sp³-hybridized carbons (Fsp3) is 0.250. The van der Waals surface area contributed by atoms with Gasteiger partial charge in [0.1, 0.15) is 6.61 Å². The Bertz CT molecular complexity index is 573. The van der Waals surface area contributed by atoms with Crippen molar-refractivity contribution in [1.82, 2.24) is 0 Å². The molecule has 0 bridgehead atoms. The molecule has 1 N–H and O–H groups in total. The van der Waals surface area contributed by atoms with Crippen LogP contribution in [0.15, 0.2) is 28.3 Å². The molecule has 0 saturated heterocycles. The Kier molecular flexibility index (Phi) is 5.97. The number of nitro groups is 1. The number of aliphatic carboxylic acids is 1. The average molecular weight is 365 g/mol. The highest BCUT2D eigenvalue weighted by Gasteiger charge is 2.19. The summed E-state index contributed by atoms with van der Waals surface area (Å²) in [6.45, 7) is 1.61. The van der Waals surface area contributed by atoms with Crippen LogP contribution in [0.2, 0.25) is 5.02 Å². The molecule has 20 heavy (non-hydrogen) atoms. The number of halogens is 2. The number of carboxylic acid groups (broad SMARTS) is 1. The molecule has 0 atom stereocenters. The number of nitro benzene ring substituents is 1.